The first kappa shape index (κ1) is 19.3. The maximum Gasteiger partial charge on any atom is 0.419 e. The number of nitrogens with one attached hydrogen (secondary N) is 2. The van der Waals surface area contributed by atoms with Crippen molar-refractivity contribution in [1.29, 1.82) is 0 Å². The van der Waals surface area contributed by atoms with Crippen molar-refractivity contribution in [2.24, 2.45) is 0 Å². The third kappa shape index (κ3) is 5.20. The Balaban J connectivity index is 1.93. The number of alkyl halides is 3. The van der Waals surface area contributed by atoms with E-state index in [1.165, 1.54) is 30.2 Å². The molecule has 0 bridgehead atoms. The summed E-state index contributed by atoms with van der Waals surface area (Å²) in [7, 11) is 0. The zero-order valence-electron chi connectivity index (χ0n) is 12.9. The Morgan fingerprint density at radius 2 is 2.08 bits per heavy atom. The molecule has 0 aliphatic heterocycles. The highest BCUT2D eigenvalue weighted by atomic mass is 35.5. The van der Waals surface area contributed by atoms with Crippen LogP contribution in [-0.2, 0) is 6.18 Å². The summed E-state index contributed by atoms with van der Waals surface area (Å²) in [5.41, 5.74) is -0.861. The summed E-state index contributed by atoms with van der Waals surface area (Å²) in [5, 5.41) is 5.55. The molecule has 2 N–H and O–H groups in total. The minimum Gasteiger partial charge on any atom is -0.368 e. The van der Waals surface area contributed by atoms with Crippen molar-refractivity contribution in [3.8, 4) is 0 Å². The number of carbonyl (C=O) groups is 1. The summed E-state index contributed by atoms with van der Waals surface area (Å²) in [6.07, 6.45) is -0.194. The zero-order valence-corrected chi connectivity index (χ0v) is 14.5. The van der Waals surface area contributed by atoms with Crippen molar-refractivity contribution in [3.05, 3.63) is 40.8 Å². The molecule has 0 saturated carbocycles. The average molecular weight is 392 g/mol. The lowest BCUT2D eigenvalue weighted by atomic mass is 10.2. The predicted octanol–water partition coefficient (Wildman–Crippen LogP) is 3.11. The van der Waals surface area contributed by atoms with Gasteiger partial charge in [0.05, 0.1) is 16.8 Å². The van der Waals surface area contributed by atoms with E-state index in [4.69, 9.17) is 11.6 Å². The van der Waals surface area contributed by atoms with Crippen LogP contribution in [0.4, 0.5) is 19.0 Å². The van der Waals surface area contributed by atoms with Crippen LogP contribution in [-0.4, -0.2) is 40.2 Å². The van der Waals surface area contributed by atoms with Gasteiger partial charge in [0.15, 0.2) is 10.9 Å². The molecule has 6 nitrogen and oxygen atoms in total. The number of halogens is 4. The average Bonchev–Trinajstić information content (AvgIpc) is 2.58. The van der Waals surface area contributed by atoms with Crippen LogP contribution in [0, 0.1) is 0 Å². The monoisotopic (exact) mass is 391 g/mol. The molecule has 25 heavy (non-hydrogen) atoms. The van der Waals surface area contributed by atoms with Crippen LogP contribution < -0.4 is 10.6 Å². The lowest BCUT2D eigenvalue weighted by Crippen LogP contribution is -2.30. The van der Waals surface area contributed by atoms with Crippen LogP contribution in [0.5, 0.6) is 0 Å². The molecule has 2 aromatic heterocycles. The molecule has 0 unspecified atom stereocenters. The van der Waals surface area contributed by atoms with Gasteiger partial charge in [0.1, 0.15) is 5.82 Å². The molecular formula is C14H13ClF3N5OS. The Labute approximate surface area is 150 Å². The molecule has 0 aliphatic carbocycles. The van der Waals surface area contributed by atoms with Gasteiger partial charge in [0, 0.05) is 19.3 Å². The van der Waals surface area contributed by atoms with Crippen molar-refractivity contribution in [2.45, 2.75) is 11.3 Å². The van der Waals surface area contributed by atoms with Crippen molar-refractivity contribution in [3.63, 3.8) is 0 Å². The fourth-order valence-electron chi connectivity index (χ4n) is 1.82. The lowest BCUT2D eigenvalue weighted by Gasteiger charge is -2.13. The maximum atomic E-state index is 12.8. The van der Waals surface area contributed by atoms with Gasteiger partial charge >= 0.3 is 6.18 Å². The Morgan fingerprint density at radius 1 is 1.32 bits per heavy atom. The van der Waals surface area contributed by atoms with E-state index < -0.39 is 17.6 Å². The van der Waals surface area contributed by atoms with Crippen LogP contribution in [0.1, 0.15) is 16.1 Å². The zero-order chi connectivity index (χ0) is 18.4. The normalized spacial score (nSPS) is 11.2. The van der Waals surface area contributed by atoms with Gasteiger partial charge in [-0.25, -0.2) is 15.0 Å². The minimum absolute atomic E-state index is 0.00910. The number of nitrogens with zero attached hydrogens (tertiary/aromatic N) is 3. The molecule has 0 aliphatic rings. The van der Waals surface area contributed by atoms with Gasteiger partial charge in [-0.1, -0.05) is 23.4 Å². The van der Waals surface area contributed by atoms with E-state index in [0.29, 0.717) is 5.16 Å². The third-order valence-electron chi connectivity index (χ3n) is 2.94. The smallest absolute Gasteiger partial charge is 0.368 e. The van der Waals surface area contributed by atoms with Crippen LogP contribution in [0.2, 0.25) is 5.02 Å². The predicted molar refractivity (Wildman–Crippen MR) is 88.9 cm³/mol. The second kappa shape index (κ2) is 8.34. The van der Waals surface area contributed by atoms with Crippen LogP contribution in [0.15, 0.2) is 29.7 Å². The van der Waals surface area contributed by atoms with E-state index in [1.54, 1.807) is 6.26 Å². The molecule has 2 heterocycles. The van der Waals surface area contributed by atoms with Crippen molar-refractivity contribution in [1.82, 2.24) is 20.3 Å². The number of hydrogen-bond acceptors (Lipinski definition) is 6. The Bertz CT molecular complexity index is 759. The molecule has 0 radical (unpaired) electrons. The van der Waals surface area contributed by atoms with Crippen molar-refractivity contribution >= 4 is 35.1 Å². The molecule has 11 heteroatoms. The molecule has 0 fully saturated rings. The highest BCUT2D eigenvalue weighted by Crippen LogP contribution is 2.33. The standard InChI is InChI=1S/C14H13ClF3N5OS/c1-25-13-22-7-9(15)10(23-13)12(24)21-6-5-20-11-8(14(16,17)18)3-2-4-19-11/h2-4,7H,5-6H2,1H3,(H,19,20)(H,21,24). The van der Waals surface area contributed by atoms with Crippen LogP contribution in [0.3, 0.4) is 0 Å². The number of carbonyl (C=O) groups excluding carboxylic acids is 1. The molecule has 1 amide bonds. The molecule has 2 aromatic rings. The number of rotatable bonds is 6. The first-order valence-electron chi connectivity index (χ1n) is 6.93. The summed E-state index contributed by atoms with van der Waals surface area (Å²) in [6, 6.07) is 2.13. The van der Waals surface area contributed by atoms with Gasteiger partial charge in [-0.15, -0.1) is 0 Å². The number of anilines is 1. The first-order valence-corrected chi connectivity index (χ1v) is 8.54. The maximum absolute atomic E-state index is 12.8. The minimum atomic E-state index is -4.51. The number of hydrogen-bond donors (Lipinski definition) is 2. The van der Waals surface area contributed by atoms with E-state index >= 15 is 0 Å². The quantitative estimate of drug-likeness (QED) is 0.447. The van der Waals surface area contributed by atoms with E-state index in [0.717, 1.165) is 6.07 Å². The Hall–Kier alpha value is -2.07. The van der Waals surface area contributed by atoms with Gasteiger partial charge in [-0.3, -0.25) is 4.79 Å². The SMILES string of the molecule is CSc1ncc(Cl)c(C(=O)NCCNc2ncccc2C(F)(F)F)n1. The second-order valence-corrected chi connectivity index (χ2v) is 5.81. The van der Waals surface area contributed by atoms with Gasteiger partial charge < -0.3 is 10.6 Å². The van der Waals surface area contributed by atoms with Gasteiger partial charge in [0.25, 0.3) is 5.91 Å². The van der Waals surface area contributed by atoms with Gasteiger partial charge in [-0.05, 0) is 18.4 Å². The molecule has 0 saturated heterocycles. The van der Waals surface area contributed by atoms with E-state index in [1.807, 2.05) is 0 Å². The number of amides is 1. The molecular weight excluding hydrogens is 379 g/mol. The number of pyridine rings is 1. The third-order valence-corrected chi connectivity index (χ3v) is 3.77. The highest BCUT2D eigenvalue weighted by molar-refractivity contribution is 7.98. The van der Waals surface area contributed by atoms with E-state index in [9.17, 15) is 18.0 Å². The second-order valence-electron chi connectivity index (χ2n) is 4.63. The molecule has 0 atom stereocenters. The van der Waals surface area contributed by atoms with E-state index in [2.05, 4.69) is 25.6 Å². The summed E-state index contributed by atoms with van der Waals surface area (Å²) >= 11 is 7.13. The van der Waals surface area contributed by atoms with Crippen LogP contribution in [0.25, 0.3) is 0 Å². The van der Waals surface area contributed by atoms with Gasteiger partial charge in [-0.2, -0.15) is 13.2 Å². The molecule has 2 rings (SSSR count). The fourth-order valence-corrected chi connectivity index (χ4v) is 2.34. The topological polar surface area (TPSA) is 79.8 Å². The van der Waals surface area contributed by atoms with Crippen molar-refractivity contribution in [2.75, 3.05) is 24.7 Å². The van der Waals surface area contributed by atoms with Gasteiger partial charge in [0.2, 0.25) is 0 Å². The van der Waals surface area contributed by atoms with E-state index in [-0.39, 0.29) is 29.6 Å². The Kier molecular flexibility index (Phi) is 6.43. The summed E-state index contributed by atoms with van der Waals surface area (Å²) in [6.45, 7) is 0.103. The summed E-state index contributed by atoms with van der Waals surface area (Å²) in [4.78, 5) is 23.6. The summed E-state index contributed by atoms with van der Waals surface area (Å²) < 4.78 is 38.5. The van der Waals surface area contributed by atoms with Crippen molar-refractivity contribution < 1.29 is 18.0 Å². The summed E-state index contributed by atoms with van der Waals surface area (Å²) in [5.74, 6) is -0.837. The molecule has 0 aromatic carbocycles. The lowest BCUT2D eigenvalue weighted by molar-refractivity contribution is -0.137. The molecule has 134 valence electrons. The largest absolute Gasteiger partial charge is 0.419 e. The number of aromatic nitrogens is 3. The van der Waals surface area contributed by atoms with Crippen LogP contribution >= 0.6 is 23.4 Å². The number of thioether (sulfide) groups is 1. The highest BCUT2D eigenvalue weighted by Gasteiger charge is 2.33. The Morgan fingerprint density at radius 3 is 2.76 bits per heavy atom. The fraction of sp³-hybridized carbons (Fsp3) is 0.286. The first-order chi connectivity index (χ1) is 11.8. The molecule has 0 spiro atoms.